The molecule has 0 atom stereocenters. The summed E-state index contributed by atoms with van der Waals surface area (Å²) in [6, 6.07) is 17.4. The molecule has 1 saturated heterocycles. The van der Waals surface area contributed by atoms with Crippen molar-refractivity contribution in [1.82, 2.24) is 29.9 Å². The van der Waals surface area contributed by atoms with E-state index in [1.54, 1.807) is 0 Å². The number of anilines is 1. The highest BCUT2D eigenvalue weighted by molar-refractivity contribution is 5.89. The van der Waals surface area contributed by atoms with Crippen LogP contribution in [0.3, 0.4) is 0 Å². The monoisotopic (exact) mass is 423 g/mol. The Kier molecular flexibility index (Phi) is 4.61. The molecule has 7 nitrogen and oxygen atoms in total. The fourth-order valence-corrected chi connectivity index (χ4v) is 4.71. The maximum atomic E-state index is 6.22. The van der Waals surface area contributed by atoms with E-state index in [4.69, 9.17) is 5.73 Å². The van der Waals surface area contributed by atoms with Gasteiger partial charge in [0.1, 0.15) is 5.52 Å². The van der Waals surface area contributed by atoms with Gasteiger partial charge in [0.15, 0.2) is 5.82 Å². The molecule has 0 amide bonds. The molecule has 7 heteroatoms. The van der Waals surface area contributed by atoms with Crippen molar-refractivity contribution in [3.05, 3.63) is 72.7 Å². The number of nitrogens with two attached hydrogens (primary N) is 1. The molecular formula is C25H25N7. The Hall–Kier alpha value is -3.71. The first-order valence-corrected chi connectivity index (χ1v) is 11.1. The number of pyridine rings is 1. The third kappa shape index (κ3) is 3.31. The highest BCUT2D eigenvalue weighted by Gasteiger charge is 2.17. The lowest BCUT2D eigenvalue weighted by molar-refractivity contribution is 0.343. The van der Waals surface area contributed by atoms with Crippen LogP contribution in [0.5, 0.6) is 0 Å². The number of hydrogen-bond donors (Lipinski definition) is 2. The quantitative estimate of drug-likeness (QED) is 0.456. The Labute approximate surface area is 185 Å². The Balaban J connectivity index is 1.38. The van der Waals surface area contributed by atoms with Gasteiger partial charge in [0, 0.05) is 23.5 Å². The SMILES string of the molecule is Nc1nn(Cc2cccc3ccccc23)c2cc(-c3cnn(C4CCNCC4)c3)cnc12. The van der Waals surface area contributed by atoms with Crippen LogP contribution < -0.4 is 11.1 Å². The summed E-state index contributed by atoms with van der Waals surface area (Å²) in [4.78, 5) is 4.65. The van der Waals surface area contributed by atoms with Crippen LogP contribution in [-0.4, -0.2) is 37.6 Å². The summed E-state index contributed by atoms with van der Waals surface area (Å²) in [5.41, 5.74) is 11.2. The van der Waals surface area contributed by atoms with Crippen LogP contribution in [0.4, 0.5) is 5.82 Å². The van der Waals surface area contributed by atoms with E-state index < -0.39 is 0 Å². The fraction of sp³-hybridized carbons (Fsp3) is 0.240. The zero-order valence-corrected chi connectivity index (χ0v) is 17.8. The highest BCUT2D eigenvalue weighted by atomic mass is 15.3. The lowest BCUT2D eigenvalue weighted by Gasteiger charge is -2.22. The number of fused-ring (bicyclic) bond motifs is 2. The van der Waals surface area contributed by atoms with Crippen LogP contribution in [0.15, 0.2) is 67.1 Å². The van der Waals surface area contributed by atoms with Crippen LogP contribution in [-0.2, 0) is 6.54 Å². The molecule has 0 unspecified atom stereocenters. The van der Waals surface area contributed by atoms with Crippen molar-refractivity contribution in [2.75, 3.05) is 18.8 Å². The van der Waals surface area contributed by atoms with E-state index in [0.29, 0.717) is 18.4 Å². The maximum absolute atomic E-state index is 6.22. The molecular weight excluding hydrogens is 398 g/mol. The molecule has 6 rings (SSSR count). The average molecular weight is 424 g/mol. The van der Waals surface area contributed by atoms with Gasteiger partial charge in [-0.15, -0.1) is 0 Å². The number of aromatic nitrogens is 5. The molecule has 3 aromatic heterocycles. The predicted molar refractivity (Wildman–Crippen MR) is 127 cm³/mol. The molecule has 0 aliphatic carbocycles. The predicted octanol–water partition coefficient (Wildman–Crippen LogP) is 4.00. The Morgan fingerprint density at radius 2 is 1.84 bits per heavy atom. The Morgan fingerprint density at radius 3 is 2.75 bits per heavy atom. The van der Waals surface area contributed by atoms with Gasteiger partial charge in [-0.05, 0) is 48.3 Å². The molecule has 5 aromatic rings. The van der Waals surface area contributed by atoms with Crippen molar-refractivity contribution in [3.63, 3.8) is 0 Å². The van der Waals surface area contributed by atoms with E-state index >= 15 is 0 Å². The summed E-state index contributed by atoms with van der Waals surface area (Å²) in [5.74, 6) is 0.456. The number of nitrogens with zero attached hydrogens (tertiary/aromatic N) is 5. The lowest BCUT2D eigenvalue weighted by atomic mass is 10.0. The van der Waals surface area contributed by atoms with Crippen molar-refractivity contribution in [2.24, 2.45) is 0 Å². The smallest absolute Gasteiger partial charge is 0.172 e. The molecule has 1 fully saturated rings. The zero-order chi connectivity index (χ0) is 21.5. The van der Waals surface area contributed by atoms with E-state index in [0.717, 1.165) is 48.1 Å². The minimum absolute atomic E-state index is 0.453. The topological polar surface area (TPSA) is 86.6 Å². The largest absolute Gasteiger partial charge is 0.380 e. The van der Waals surface area contributed by atoms with E-state index in [2.05, 4.69) is 79.9 Å². The average Bonchev–Trinajstić information content (AvgIpc) is 3.45. The minimum Gasteiger partial charge on any atom is -0.380 e. The highest BCUT2D eigenvalue weighted by Crippen LogP contribution is 2.28. The molecule has 1 aliphatic rings. The van der Waals surface area contributed by atoms with Gasteiger partial charge in [-0.3, -0.25) is 14.3 Å². The van der Waals surface area contributed by atoms with Crippen molar-refractivity contribution in [3.8, 4) is 11.1 Å². The Bertz CT molecular complexity index is 1400. The second-order valence-electron chi connectivity index (χ2n) is 8.46. The summed E-state index contributed by atoms with van der Waals surface area (Å²) in [6.07, 6.45) is 8.14. The second kappa shape index (κ2) is 7.76. The molecule has 0 saturated carbocycles. The number of rotatable bonds is 4. The molecule has 3 N–H and O–H groups in total. The van der Waals surface area contributed by atoms with Gasteiger partial charge in [0.25, 0.3) is 0 Å². The zero-order valence-electron chi connectivity index (χ0n) is 17.8. The van der Waals surface area contributed by atoms with E-state index in [9.17, 15) is 0 Å². The number of hydrogen-bond acceptors (Lipinski definition) is 5. The molecule has 0 bridgehead atoms. The standard InChI is InChI=1S/C25H25N7/c26-25-24-23(32(30-25)15-18-6-3-5-17-4-1-2-7-22(17)18)12-19(13-28-24)20-14-29-31(16-20)21-8-10-27-11-9-21/h1-7,12-14,16,21,27H,8-11,15H2,(H2,26,30). The molecule has 0 spiro atoms. The third-order valence-corrected chi connectivity index (χ3v) is 6.43. The lowest BCUT2D eigenvalue weighted by Crippen LogP contribution is -2.29. The van der Waals surface area contributed by atoms with Crippen molar-refractivity contribution in [2.45, 2.75) is 25.4 Å². The number of nitrogens with one attached hydrogen (secondary N) is 1. The minimum atomic E-state index is 0.453. The van der Waals surface area contributed by atoms with Crippen LogP contribution >= 0.6 is 0 Å². The summed E-state index contributed by atoms with van der Waals surface area (Å²) in [6.45, 7) is 2.72. The summed E-state index contributed by atoms with van der Waals surface area (Å²) in [5, 5.41) is 15.1. The molecule has 1 aliphatic heterocycles. The number of piperidine rings is 1. The number of benzene rings is 2. The van der Waals surface area contributed by atoms with Crippen LogP contribution in [0, 0.1) is 0 Å². The molecule has 160 valence electrons. The molecule has 32 heavy (non-hydrogen) atoms. The van der Waals surface area contributed by atoms with Gasteiger partial charge in [-0.1, -0.05) is 42.5 Å². The summed E-state index contributed by atoms with van der Waals surface area (Å²) < 4.78 is 4.06. The van der Waals surface area contributed by atoms with Gasteiger partial charge in [-0.2, -0.15) is 10.2 Å². The maximum Gasteiger partial charge on any atom is 0.172 e. The first-order chi connectivity index (χ1) is 15.8. The second-order valence-corrected chi connectivity index (χ2v) is 8.46. The Morgan fingerprint density at radius 1 is 1.00 bits per heavy atom. The van der Waals surface area contributed by atoms with Crippen LogP contribution in [0.25, 0.3) is 32.9 Å². The first kappa shape index (κ1) is 19.0. The van der Waals surface area contributed by atoms with E-state index in [1.165, 1.54) is 16.3 Å². The first-order valence-electron chi connectivity index (χ1n) is 11.1. The van der Waals surface area contributed by atoms with Gasteiger partial charge in [-0.25, -0.2) is 0 Å². The van der Waals surface area contributed by atoms with E-state index in [-0.39, 0.29) is 0 Å². The van der Waals surface area contributed by atoms with Crippen molar-refractivity contribution < 1.29 is 0 Å². The van der Waals surface area contributed by atoms with Crippen molar-refractivity contribution in [1.29, 1.82) is 0 Å². The van der Waals surface area contributed by atoms with Gasteiger partial charge < -0.3 is 11.1 Å². The van der Waals surface area contributed by atoms with Crippen LogP contribution in [0.2, 0.25) is 0 Å². The van der Waals surface area contributed by atoms with Crippen LogP contribution in [0.1, 0.15) is 24.4 Å². The molecule has 0 radical (unpaired) electrons. The molecule has 2 aromatic carbocycles. The summed E-state index contributed by atoms with van der Waals surface area (Å²) >= 11 is 0. The van der Waals surface area contributed by atoms with Crippen molar-refractivity contribution >= 4 is 27.6 Å². The summed E-state index contributed by atoms with van der Waals surface area (Å²) in [7, 11) is 0. The molecule has 4 heterocycles. The normalized spacial score (nSPS) is 15.0. The van der Waals surface area contributed by atoms with E-state index in [1.807, 2.05) is 17.1 Å². The third-order valence-electron chi connectivity index (χ3n) is 6.43. The fourth-order valence-electron chi connectivity index (χ4n) is 4.71. The number of nitrogen functional groups attached to an aromatic ring is 1. The van der Waals surface area contributed by atoms with Gasteiger partial charge >= 0.3 is 0 Å². The van der Waals surface area contributed by atoms with Gasteiger partial charge in [0.05, 0.1) is 24.3 Å². The van der Waals surface area contributed by atoms with Gasteiger partial charge in [0.2, 0.25) is 0 Å².